The lowest BCUT2D eigenvalue weighted by atomic mass is 10.1. The predicted molar refractivity (Wildman–Crippen MR) is 133 cm³/mol. The van der Waals surface area contributed by atoms with Crippen LogP contribution < -0.4 is 0 Å². The third-order valence-electron chi connectivity index (χ3n) is 5.66. The van der Waals surface area contributed by atoms with Crippen LogP contribution in [0.3, 0.4) is 0 Å². The maximum absolute atomic E-state index is 13.3. The molecule has 4 rings (SSSR count). The second-order valence-corrected chi connectivity index (χ2v) is 10.0. The monoisotopic (exact) mass is 594 g/mol. The first-order valence-electron chi connectivity index (χ1n) is 11.9. The molecule has 0 amide bonds. The second-order valence-electron chi connectivity index (χ2n) is 8.48. The number of alkyl halides is 3. The van der Waals surface area contributed by atoms with E-state index < -0.39 is 64.7 Å². The van der Waals surface area contributed by atoms with Crippen molar-refractivity contribution >= 4 is 28.0 Å². The Morgan fingerprint density at radius 1 is 0.683 bits per heavy atom. The molecule has 4 atom stereocenters. The maximum atomic E-state index is 13.3. The number of carbonyl (C=O) groups is 3. The van der Waals surface area contributed by atoms with E-state index in [9.17, 15) is 36.0 Å². The second kappa shape index (κ2) is 12.5. The molecule has 41 heavy (non-hydrogen) atoms. The van der Waals surface area contributed by atoms with E-state index in [-0.39, 0.29) is 16.7 Å². The summed E-state index contributed by atoms with van der Waals surface area (Å²) in [6.45, 7) is -0.744. The highest BCUT2D eigenvalue weighted by atomic mass is 32.2. The van der Waals surface area contributed by atoms with Crippen LogP contribution in [0, 0.1) is 0 Å². The van der Waals surface area contributed by atoms with Crippen molar-refractivity contribution in [1.82, 2.24) is 0 Å². The molecule has 0 saturated carbocycles. The zero-order chi connectivity index (χ0) is 29.6. The summed E-state index contributed by atoms with van der Waals surface area (Å²) in [6, 6.07) is 22.0. The number of hydrogen-bond acceptors (Lipinski definition) is 10. The Bertz CT molecular complexity index is 1470. The van der Waals surface area contributed by atoms with Gasteiger partial charge in [0.25, 0.3) is 0 Å². The van der Waals surface area contributed by atoms with Crippen LogP contribution in [0.15, 0.2) is 91.0 Å². The number of halogens is 3. The number of ether oxygens (including phenoxy) is 4. The molecule has 3 aromatic rings. The molecule has 0 spiro atoms. The third-order valence-corrected chi connectivity index (χ3v) is 6.70. The molecule has 0 aliphatic carbocycles. The molecule has 3 aromatic carbocycles. The van der Waals surface area contributed by atoms with E-state index in [1.54, 1.807) is 30.3 Å². The van der Waals surface area contributed by atoms with Crippen molar-refractivity contribution in [2.24, 2.45) is 0 Å². The molecule has 216 valence electrons. The van der Waals surface area contributed by atoms with E-state index >= 15 is 0 Å². The van der Waals surface area contributed by atoms with Gasteiger partial charge in [0.1, 0.15) is 12.7 Å². The van der Waals surface area contributed by atoms with Gasteiger partial charge in [-0.15, -0.1) is 0 Å². The van der Waals surface area contributed by atoms with Crippen molar-refractivity contribution in [1.29, 1.82) is 0 Å². The SMILES string of the molecule is O=C(OC[C@@H]1O[C@H](OC(=O)c2ccccc2)[C@@H](OS(=O)(=O)C(F)(F)F)[C@@H]1OC(=O)c1ccccc1)c1ccccc1. The average Bonchev–Trinajstić information content (AvgIpc) is 3.26. The Morgan fingerprint density at radius 3 is 1.59 bits per heavy atom. The molecule has 0 radical (unpaired) electrons. The minimum atomic E-state index is -6.32. The molecule has 0 N–H and O–H groups in total. The highest BCUT2D eigenvalue weighted by Gasteiger charge is 2.57. The van der Waals surface area contributed by atoms with Gasteiger partial charge in [0.15, 0.2) is 12.2 Å². The smallest absolute Gasteiger partial charge is 0.459 e. The number of rotatable bonds is 9. The van der Waals surface area contributed by atoms with E-state index in [4.69, 9.17) is 18.9 Å². The van der Waals surface area contributed by atoms with Crippen molar-refractivity contribution in [2.45, 2.75) is 30.1 Å². The van der Waals surface area contributed by atoms with Gasteiger partial charge in [0.05, 0.1) is 16.7 Å². The fraction of sp³-hybridized carbons (Fsp3) is 0.222. The number of carbonyl (C=O) groups excluding carboxylic acids is 3. The molecule has 10 nitrogen and oxygen atoms in total. The van der Waals surface area contributed by atoms with Crippen LogP contribution in [-0.2, 0) is 33.2 Å². The number of benzene rings is 3. The highest BCUT2D eigenvalue weighted by molar-refractivity contribution is 7.87. The molecule has 0 aromatic heterocycles. The lowest BCUT2D eigenvalue weighted by Crippen LogP contribution is -2.44. The molecule has 1 saturated heterocycles. The van der Waals surface area contributed by atoms with Crippen LogP contribution in [0.4, 0.5) is 13.2 Å². The summed E-state index contributed by atoms with van der Waals surface area (Å²) in [5, 5.41) is 0. The molecule has 1 aliphatic heterocycles. The van der Waals surface area contributed by atoms with Gasteiger partial charge < -0.3 is 18.9 Å². The standard InChI is InChI=1S/C27H21F3O10S/c28-27(29,30)41(34,35)40-22-21(38-24(32)18-12-6-2-7-13-18)20(16-36-23(31)17-10-4-1-5-11-17)37-26(22)39-25(33)19-14-8-3-9-15-19/h1-15,20-22,26H,16H2/t20-,21+,22-,26+/m0/s1. The van der Waals surface area contributed by atoms with Gasteiger partial charge in [-0.3, -0.25) is 0 Å². The van der Waals surface area contributed by atoms with Crippen LogP contribution in [-0.4, -0.2) is 63.0 Å². The minimum Gasteiger partial charge on any atom is -0.459 e. The van der Waals surface area contributed by atoms with Crippen molar-refractivity contribution in [2.75, 3.05) is 6.61 Å². The summed E-state index contributed by atoms with van der Waals surface area (Å²) >= 11 is 0. The maximum Gasteiger partial charge on any atom is 0.523 e. The van der Waals surface area contributed by atoms with Gasteiger partial charge in [-0.1, -0.05) is 54.6 Å². The molecule has 1 heterocycles. The van der Waals surface area contributed by atoms with Gasteiger partial charge in [-0.25, -0.2) is 18.6 Å². The summed E-state index contributed by atoms with van der Waals surface area (Å²) in [5.74, 6) is -3.07. The zero-order valence-electron chi connectivity index (χ0n) is 20.8. The van der Waals surface area contributed by atoms with E-state index in [0.717, 1.165) is 0 Å². The molecule has 1 fully saturated rings. The lowest BCUT2D eigenvalue weighted by Gasteiger charge is -2.24. The highest BCUT2D eigenvalue weighted by Crippen LogP contribution is 2.34. The van der Waals surface area contributed by atoms with Crippen molar-refractivity contribution < 1.29 is 59.1 Å². The van der Waals surface area contributed by atoms with Crippen LogP contribution in [0.5, 0.6) is 0 Å². The molecule has 0 bridgehead atoms. The molecule has 14 heteroatoms. The first-order valence-corrected chi connectivity index (χ1v) is 13.3. The van der Waals surface area contributed by atoms with Crippen LogP contribution in [0.1, 0.15) is 31.1 Å². The topological polar surface area (TPSA) is 132 Å². The fourth-order valence-electron chi connectivity index (χ4n) is 3.70. The van der Waals surface area contributed by atoms with E-state index in [0.29, 0.717) is 0 Å². The Hall–Kier alpha value is -4.27. The normalized spacial score (nSPS) is 20.7. The Balaban J connectivity index is 1.66. The minimum absolute atomic E-state index is 0.0466. The van der Waals surface area contributed by atoms with Crippen LogP contribution in [0.25, 0.3) is 0 Å². The molecule has 1 aliphatic rings. The predicted octanol–water partition coefficient (Wildman–Crippen LogP) is 3.89. The summed E-state index contributed by atoms with van der Waals surface area (Å²) in [4.78, 5) is 38.0. The van der Waals surface area contributed by atoms with Gasteiger partial charge in [-0.2, -0.15) is 21.6 Å². The van der Waals surface area contributed by atoms with E-state index in [2.05, 4.69) is 4.18 Å². The van der Waals surface area contributed by atoms with E-state index in [1.165, 1.54) is 60.7 Å². The Morgan fingerprint density at radius 2 is 1.12 bits per heavy atom. The van der Waals surface area contributed by atoms with E-state index in [1.807, 2.05) is 0 Å². The fourth-order valence-corrected chi connectivity index (χ4v) is 4.30. The molecular formula is C27H21F3O10S. The summed E-state index contributed by atoms with van der Waals surface area (Å²) < 4.78 is 89.5. The lowest BCUT2D eigenvalue weighted by molar-refractivity contribution is -0.138. The molecule has 0 unspecified atom stereocenters. The van der Waals surface area contributed by atoms with Crippen molar-refractivity contribution in [3.63, 3.8) is 0 Å². The van der Waals surface area contributed by atoms with Crippen molar-refractivity contribution in [3.05, 3.63) is 108 Å². The largest absolute Gasteiger partial charge is 0.523 e. The van der Waals surface area contributed by atoms with Crippen LogP contribution in [0.2, 0.25) is 0 Å². The summed E-state index contributed by atoms with van der Waals surface area (Å²) in [7, 11) is -6.32. The van der Waals surface area contributed by atoms with Gasteiger partial charge in [0, 0.05) is 0 Å². The van der Waals surface area contributed by atoms with Gasteiger partial charge >= 0.3 is 33.5 Å². The average molecular weight is 595 g/mol. The van der Waals surface area contributed by atoms with Gasteiger partial charge in [0.2, 0.25) is 6.29 Å². The number of hydrogen-bond donors (Lipinski definition) is 0. The number of esters is 3. The van der Waals surface area contributed by atoms with Gasteiger partial charge in [-0.05, 0) is 36.4 Å². The first-order chi connectivity index (χ1) is 19.5. The summed E-state index contributed by atoms with van der Waals surface area (Å²) in [5.41, 5.74) is -5.87. The third kappa shape index (κ3) is 7.28. The first kappa shape index (κ1) is 29.7. The van der Waals surface area contributed by atoms with Crippen LogP contribution >= 0.6 is 0 Å². The summed E-state index contributed by atoms with van der Waals surface area (Å²) in [6.07, 6.45) is -8.02. The quantitative estimate of drug-likeness (QED) is 0.156. The van der Waals surface area contributed by atoms with Crippen molar-refractivity contribution in [3.8, 4) is 0 Å². The Kier molecular flexibility index (Phi) is 9.05. The molecular weight excluding hydrogens is 573 g/mol. The Labute approximate surface area is 231 Å². The zero-order valence-corrected chi connectivity index (χ0v) is 21.6.